The van der Waals surface area contributed by atoms with Crippen LogP contribution >= 0.6 is 11.6 Å². The quantitative estimate of drug-likeness (QED) is 0.820. The van der Waals surface area contributed by atoms with E-state index in [1.165, 1.54) is 0 Å². The van der Waals surface area contributed by atoms with Crippen molar-refractivity contribution in [2.75, 3.05) is 26.1 Å². The molecule has 2 aromatic heterocycles. The van der Waals surface area contributed by atoms with Crippen LogP contribution in [0, 0.1) is 0 Å². The molecule has 0 saturated carbocycles. The average Bonchev–Trinajstić information content (AvgIpc) is 2.72. The van der Waals surface area contributed by atoms with Gasteiger partial charge in [0.1, 0.15) is 0 Å². The Morgan fingerprint density at radius 3 is 2.88 bits per heavy atom. The highest BCUT2D eigenvalue weighted by atomic mass is 35.5. The van der Waals surface area contributed by atoms with Gasteiger partial charge in [-0.3, -0.25) is 0 Å². The van der Waals surface area contributed by atoms with E-state index in [1.807, 2.05) is 0 Å². The number of pyridine rings is 1. The zero-order chi connectivity index (χ0) is 12.3. The Bertz CT molecular complexity index is 498. The summed E-state index contributed by atoms with van der Waals surface area (Å²) in [6.07, 6.45) is 1.37. The molecule has 0 unspecified atom stereocenters. The van der Waals surface area contributed by atoms with Gasteiger partial charge in [0.2, 0.25) is 5.95 Å². The van der Waals surface area contributed by atoms with Gasteiger partial charge < -0.3 is 14.8 Å². The number of fused-ring (bicyclic) bond motifs is 1. The number of hydrogen-bond acceptors (Lipinski definition) is 5. The number of nitrogens with one attached hydrogen (secondary N) is 1. The van der Waals surface area contributed by atoms with Crippen molar-refractivity contribution >= 4 is 23.2 Å². The van der Waals surface area contributed by atoms with Gasteiger partial charge in [0.25, 0.3) is 0 Å². The minimum atomic E-state index is -0.329. The maximum Gasteiger partial charge on any atom is 0.243 e. The molecule has 1 N–H and O–H groups in total. The van der Waals surface area contributed by atoms with Crippen molar-refractivity contribution in [2.24, 2.45) is 0 Å². The minimum Gasteiger partial charge on any atom is -0.354 e. The normalized spacial score (nSPS) is 11.3. The Hall–Kier alpha value is -1.37. The fraction of sp³-hybridized carbons (Fsp3) is 0.400. The molecule has 2 rings (SSSR count). The van der Waals surface area contributed by atoms with Crippen molar-refractivity contribution in [3.05, 3.63) is 23.4 Å². The molecule has 17 heavy (non-hydrogen) atoms. The van der Waals surface area contributed by atoms with Gasteiger partial charge in [-0.2, -0.15) is 4.98 Å². The first-order valence-electron chi connectivity index (χ1n) is 5.04. The van der Waals surface area contributed by atoms with Gasteiger partial charge in [-0.15, -0.1) is 5.10 Å². The van der Waals surface area contributed by atoms with Gasteiger partial charge in [-0.25, -0.2) is 4.52 Å². The largest absolute Gasteiger partial charge is 0.354 e. The summed E-state index contributed by atoms with van der Waals surface area (Å²) in [5.41, 5.74) is 0.725. The molecule has 0 atom stereocenters. The number of ether oxygens (including phenoxy) is 2. The van der Waals surface area contributed by atoms with Crippen LogP contribution in [-0.4, -0.2) is 41.7 Å². The van der Waals surface area contributed by atoms with E-state index in [4.69, 9.17) is 21.1 Å². The Morgan fingerprint density at radius 1 is 1.41 bits per heavy atom. The molecule has 6 nitrogen and oxygen atoms in total. The highest BCUT2D eigenvalue weighted by Gasteiger charge is 2.07. The predicted octanol–water partition coefficient (Wildman–Crippen LogP) is 1.41. The lowest BCUT2D eigenvalue weighted by molar-refractivity contribution is -0.0914. The van der Waals surface area contributed by atoms with Crippen LogP contribution in [0.2, 0.25) is 5.02 Å². The molecule has 2 heterocycles. The first-order chi connectivity index (χ1) is 8.22. The smallest absolute Gasteiger partial charge is 0.243 e. The predicted molar refractivity (Wildman–Crippen MR) is 64.3 cm³/mol. The van der Waals surface area contributed by atoms with Crippen molar-refractivity contribution in [1.29, 1.82) is 0 Å². The van der Waals surface area contributed by atoms with E-state index >= 15 is 0 Å². The molecule has 0 radical (unpaired) electrons. The fourth-order valence-corrected chi connectivity index (χ4v) is 1.53. The number of hydrogen-bond donors (Lipinski definition) is 1. The molecule has 0 aliphatic heterocycles. The lowest BCUT2D eigenvalue weighted by atomic mass is 10.5. The summed E-state index contributed by atoms with van der Waals surface area (Å²) in [5, 5.41) is 7.84. The van der Waals surface area contributed by atoms with E-state index < -0.39 is 0 Å². The van der Waals surface area contributed by atoms with Crippen LogP contribution in [-0.2, 0) is 9.47 Å². The Labute approximate surface area is 103 Å². The van der Waals surface area contributed by atoms with Crippen LogP contribution in [0.15, 0.2) is 18.3 Å². The van der Waals surface area contributed by atoms with E-state index in [9.17, 15) is 0 Å². The molecule has 0 spiro atoms. The standard InChI is InChI=1S/C10H13ClN4O2/c1-16-9(17-2)5-12-10-13-8-4-3-7(11)6-15(8)14-10/h3-4,6,9H,5H2,1-2H3,(H,12,14). The summed E-state index contributed by atoms with van der Waals surface area (Å²) in [6, 6.07) is 3.56. The molecule has 0 amide bonds. The van der Waals surface area contributed by atoms with E-state index in [1.54, 1.807) is 37.1 Å². The molecule has 0 saturated heterocycles. The summed E-state index contributed by atoms with van der Waals surface area (Å²) >= 11 is 5.85. The first-order valence-corrected chi connectivity index (χ1v) is 5.42. The van der Waals surface area contributed by atoms with Crippen molar-refractivity contribution in [2.45, 2.75) is 6.29 Å². The van der Waals surface area contributed by atoms with E-state index in [0.29, 0.717) is 17.5 Å². The SMILES string of the molecule is COC(CNc1nc2ccc(Cl)cn2n1)OC. The third-order valence-electron chi connectivity index (χ3n) is 2.25. The van der Waals surface area contributed by atoms with Gasteiger partial charge in [-0.1, -0.05) is 11.6 Å². The number of aromatic nitrogens is 3. The zero-order valence-electron chi connectivity index (χ0n) is 9.55. The van der Waals surface area contributed by atoms with Crippen LogP contribution in [0.1, 0.15) is 0 Å². The van der Waals surface area contributed by atoms with Crippen LogP contribution in [0.3, 0.4) is 0 Å². The molecule has 0 aromatic carbocycles. The topological polar surface area (TPSA) is 60.7 Å². The molecule has 7 heteroatoms. The second-order valence-corrected chi connectivity index (χ2v) is 3.80. The summed E-state index contributed by atoms with van der Waals surface area (Å²) in [6.45, 7) is 0.470. The second kappa shape index (κ2) is 5.31. The van der Waals surface area contributed by atoms with E-state index in [0.717, 1.165) is 5.65 Å². The Balaban J connectivity index is 2.09. The van der Waals surface area contributed by atoms with Gasteiger partial charge in [0.05, 0.1) is 11.6 Å². The van der Waals surface area contributed by atoms with Gasteiger partial charge >= 0.3 is 0 Å². The monoisotopic (exact) mass is 256 g/mol. The first kappa shape index (κ1) is 12.1. The molecule has 0 aliphatic rings. The van der Waals surface area contributed by atoms with Crippen LogP contribution in [0.25, 0.3) is 5.65 Å². The second-order valence-electron chi connectivity index (χ2n) is 3.37. The fourth-order valence-electron chi connectivity index (χ4n) is 1.37. The Kier molecular flexibility index (Phi) is 3.78. The van der Waals surface area contributed by atoms with Crippen molar-refractivity contribution < 1.29 is 9.47 Å². The molecule has 0 aliphatic carbocycles. The molecule has 2 aromatic rings. The molecule has 92 valence electrons. The van der Waals surface area contributed by atoms with Gasteiger partial charge in [0.15, 0.2) is 11.9 Å². The third-order valence-corrected chi connectivity index (χ3v) is 2.47. The average molecular weight is 257 g/mol. The zero-order valence-corrected chi connectivity index (χ0v) is 10.3. The third kappa shape index (κ3) is 2.85. The highest BCUT2D eigenvalue weighted by molar-refractivity contribution is 6.30. The van der Waals surface area contributed by atoms with Crippen molar-refractivity contribution in [3.8, 4) is 0 Å². The number of rotatable bonds is 5. The maximum absolute atomic E-state index is 5.85. The Morgan fingerprint density at radius 2 is 2.18 bits per heavy atom. The highest BCUT2D eigenvalue weighted by Crippen LogP contribution is 2.11. The molecular formula is C10H13ClN4O2. The van der Waals surface area contributed by atoms with E-state index in [-0.39, 0.29) is 6.29 Å². The maximum atomic E-state index is 5.85. The van der Waals surface area contributed by atoms with Gasteiger partial charge in [0, 0.05) is 20.4 Å². The summed E-state index contributed by atoms with van der Waals surface area (Å²) in [5.74, 6) is 0.506. The molecule has 0 fully saturated rings. The van der Waals surface area contributed by atoms with E-state index in [2.05, 4.69) is 15.4 Å². The van der Waals surface area contributed by atoms with Crippen LogP contribution in [0.5, 0.6) is 0 Å². The lowest BCUT2D eigenvalue weighted by Gasteiger charge is -2.12. The van der Waals surface area contributed by atoms with Crippen LogP contribution < -0.4 is 5.32 Å². The number of anilines is 1. The van der Waals surface area contributed by atoms with Crippen molar-refractivity contribution in [3.63, 3.8) is 0 Å². The number of halogens is 1. The summed E-state index contributed by atoms with van der Waals surface area (Å²) < 4.78 is 11.7. The summed E-state index contributed by atoms with van der Waals surface area (Å²) in [4.78, 5) is 4.27. The van der Waals surface area contributed by atoms with Crippen molar-refractivity contribution in [1.82, 2.24) is 14.6 Å². The van der Waals surface area contributed by atoms with Gasteiger partial charge in [-0.05, 0) is 12.1 Å². The molecule has 0 bridgehead atoms. The van der Waals surface area contributed by atoms with Crippen LogP contribution in [0.4, 0.5) is 5.95 Å². The summed E-state index contributed by atoms with van der Waals surface area (Å²) in [7, 11) is 3.15. The minimum absolute atomic E-state index is 0.329. The molecular weight excluding hydrogens is 244 g/mol. The lowest BCUT2D eigenvalue weighted by Crippen LogP contribution is -2.24. The number of methoxy groups -OCH3 is 2. The number of nitrogens with zero attached hydrogens (tertiary/aromatic N) is 3.